The van der Waals surface area contributed by atoms with Crippen molar-refractivity contribution in [3.05, 3.63) is 25.3 Å². The van der Waals surface area contributed by atoms with Crippen LogP contribution in [-0.4, -0.2) is 23.1 Å². The smallest absolute Gasteiger partial charge is 0.330 e. The van der Waals surface area contributed by atoms with Gasteiger partial charge >= 0.3 is 11.9 Å². The van der Waals surface area contributed by atoms with Crippen molar-refractivity contribution in [2.75, 3.05) is 0 Å². The summed E-state index contributed by atoms with van der Waals surface area (Å²) in [4.78, 5) is 20.1. The highest BCUT2D eigenvalue weighted by Crippen LogP contribution is 2.25. The number of carboxylic acids is 1. The molecule has 1 N–H and O–H groups in total. The van der Waals surface area contributed by atoms with Gasteiger partial charge in [0.05, 0.1) is 0 Å². The third-order valence-corrected chi connectivity index (χ3v) is 2.59. The Morgan fingerprint density at radius 2 is 1.65 bits per heavy atom. The van der Waals surface area contributed by atoms with Crippen LogP contribution in [0.2, 0.25) is 0 Å². The molecule has 0 aliphatic heterocycles. The maximum Gasteiger partial charge on any atom is 0.330 e. The van der Waals surface area contributed by atoms with E-state index in [4.69, 9.17) is 9.84 Å². The first kappa shape index (κ1) is 15.4. The van der Waals surface area contributed by atoms with E-state index in [1.807, 2.05) is 0 Å². The van der Waals surface area contributed by atoms with Gasteiger partial charge in [-0.15, -0.1) is 0 Å². The van der Waals surface area contributed by atoms with Crippen molar-refractivity contribution in [2.45, 2.75) is 38.7 Å². The summed E-state index contributed by atoms with van der Waals surface area (Å²) < 4.78 is 5.13. The highest BCUT2D eigenvalue weighted by molar-refractivity contribution is 5.81. The predicted octanol–water partition coefficient (Wildman–Crippen LogP) is 2.55. The quantitative estimate of drug-likeness (QED) is 0.608. The largest absolute Gasteiger partial charge is 0.478 e. The van der Waals surface area contributed by atoms with Gasteiger partial charge in [-0.2, -0.15) is 0 Å². The molecule has 0 radical (unpaired) electrons. The number of hydrogen-bond donors (Lipinski definition) is 1. The Balaban J connectivity index is 0.000000437. The molecule has 0 aromatic carbocycles. The lowest BCUT2D eigenvalue weighted by molar-refractivity contribution is -0.144. The molecule has 0 unspecified atom stereocenters. The summed E-state index contributed by atoms with van der Waals surface area (Å²) >= 11 is 0. The predicted molar refractivity (Wildman–Crippen MR) is 65.5 cm³/mol. The standard InChI is InChI=1S/C10H16O2.C3H4O2/c1-3-10(11)12-9-6-4-8(2)5-7-9;1-2-3(4)5/h3,8-9H,1,4-7H2,2H3;2H,1H2,(H,4,5). The summed E-state index contributed by atoms with van der Waals surface area (Å²) in [5, 5.41) is 7.60. The fourth-order valence-corrected chi connectivity index (χ4v) is 1.56. The fraction of sp³-hybridized carbons (Fsp3) is 0.538. The second-order valence-electron chi connectivity index (χ2n) is 4.07. The van der Waals surface area contributed by atoms with Crippen LogP contribution in [0.4, 0.5) is 0 Å². The molecule has 0 spiro atoms. The summed E-state index contributed by atoms with van der Waals surface area (Å²) in [6.45, 7) is 8.57. The number of carbonyl (C=O) groups excluding carboxylic acids is 1. The Hall–Kier alpha value is -1.58. The molecule has 96 valence electrons. The minimum absolute atomic E-state index is 0.145. The third-order valence-electron chi connectivity index (χ3n) is 2.59. The van der Waals surface area contributed by atoms with Gasteiger partial charge in [0.2, 0.25) is 0 Å². The van der Waals surface area contributed by atoms with Crippen molar-refractivity contribution in [3.8, 4) is 0 Å². The van der Waals surface area contributed by atoms with E-state index in [1.165, 1.54) is 18.9 Å². The molecular weight excluding hydrogens is 220 g/mol. The number of aliphatic carboxylic acids is 1. The van der Waals surface area contributed by atoms with Crippen LogP contribution >= 0.6 is 0 Å². The molecule has 0 amide bonds. The molecule has 1 rings (SSSR count). The Labute approximate surface area is 102 Å². The average molecular weight is 240 g/mol. The highest BCUT2D eigenvalue weighted by atomic mass is 16.5. The molecule has 0 atom stereocenters. The van der Waals surface area contributed by atoms with E-state index in [9.17, 15) is 9.59 Å². The number of hydrogen-bond acceptors (Lipinski definition) is 3. The first-order valence-corrected chi connectivity index (χ1v) is 5.68. The van der Waals surface area contributed by atoms with Crippen LogP contribution < -0.4 is 0 Å². The van der Waals surface area contributed by atoms with E-state index in [1.54, 1.807) is 0 Å². The molecule has 0 aromatic heterocycles. The van der Waals surface area contributed by atoms with E-state index >= 15 is 0 Å². The van der Waals surface area contributed by atoms with Crippen LogP contribution in [0, 0.1) is 5.92 Å². The van der Waals surface area contributed by atoms with Gasteiger partial charge in [-0.05, 0) is 31.6 Å². The third kappa shape index (κ3) is 8.25. The summed E-state index contributed by atoms with van der Waals surface area (Å²) in [6, 6.07) is 0. The van der Waals surface area contributed by atoms with Gasteiger partial charge in [-0.1, -0.05) is 20.1 Å². The zero-order valence-corrected chi connectivity index (χ0v) is 10.2. The highest BCUT2D eigenvalue weighted by Gasteiger charge is 2.20. The first-order valence-electron chi connectivity index (χ1n) is 5.68. The second-order valence-corrected chi connectivity index (χ2v) is 4.07. The van der Waals surface area contributed by atoms with Gasteiger partial charge in [0.25, 0.3) is 0 Å². The van der Waals surface area contributed by atoms with E-state index in [0.717, 1.165) is 24.8 Å². The maximum atomic E-state index is 10.8. The van der Waals surface area contributed by atoms with Gasteiger partial charge < -0.3 is 9.84 Å². The molecule has 1 fully saturated rings. The fourth-order valence-electron chi connectivity index (χ4n) is 1.56. The monoisotopic (exact) mass is 240 g/mol. The normalized spacial score (nSPS) is 22.6. The van der Waals surface area contributed by atoms with Crippen LogP contribution in [0.1, 0.15) is 32.6 Å². The zero-order valence-electron chi connectivity index (χ0n) is 10.2. The zero-order chi connectivity index (χ0) is 13.3. The summed E-state index contributed by atoms with van der Waals surface area (Å²) in [5.41, 5.74) is 0. The summed E-state index contributed by atoms with van der Waals surface area (Å²) in [7, 11) is 0. The van der Waals surface area contributed by atoms with Crippen molar-refractivity contribution < 1.29 is 19.4 Å². The molecule has 0 saturated heterocycles. The SMILES string of the molecule is C=CC(=O)O.C=CC(=O)OC1CCC(C)CC1. The molecule has 0 heterocycles. The molecule has 0 aromatic rings. The number of carboxylic acid groups (broad SMARTS) is 1. The molecular formula is C13H20O4. The van der Waals surface area contributed by atoms with E-state index in [-0.39, 0.29) is 12.1 Å². The lowest BCUT2D eigenvalue weighted by atomic mass is 9.89. The van der Waals surface area contributed by atoms with Gasteiger partial charge in [0, 0.05) is 12.2 Å². The Bertz CT molecular complexity index is 275. The van der Waals surface area contributed by atoms with Crippen LogP contribution in [0.5, 0.6) is 0 Å². The van der Waals surface area contributed by atoms with Crippen molar-refractivity contribution in [3.63, 3.8) is 0 Å². The first-order chi connectivity index (χ1) is 7.99. The van der Waals surface area contributed by atoms with Gasteiger partial charge in [-0.3, -0.25) is 0 Å². The number of esters is 1. The lowest BCUT2D eigenvalue weighted by Crippen LogP contribution is -2.22. The maximum absolute atomic E-state index is 10.8. The van der Waals surface area contributed by atoms with Crippen molar-refractivity contribution in [2.24, 2.45) is 5.92 Å². The molecule has 4 nitrogen and oxygen atoms in total. The molecule has 4 heteroatoms. The van der Waals surface area contributed by atoms with Crippen LogP contribution in [0.3, 0.4) is 0 Å². The van der Waals surface area contributed by atoms with E-state index < -0.39 is 5.97 Å². The van der Waals surface area contributed by atoms with Crippen molar-refractivity contribution >= 4 is 11.9 Å². The van der Waals surface area contributed by atoms with Gasteiger partial charge in [0.15, 0.2) is 0 Å². The van der Waals surface area contributed by atoms with Crippen LogP contribution in [0.25, 0.3) is 0 Å². The second kappa shape index (κ2) is 8.56. The lowest BCUT2D eigenvalue weighted by Gasteiger charge is -2.25. The Morgan fingerprint density at radius 3 is 2.00 bits per heavy atom. The number of ether oxygens (including phenoxy) is 1. The van der Waals surface area contributed by atoms with Crippen LogP contribution in [-0.2, 0) is 14.3 Å². The molecule has 1 aliphatic carbocycles. The summed E-state index contributed by atoms with van der Waals surface area (Å²) in [6.07, 6.45) is 6.59. The van der Waals surface area contributed by atoms with Gasteiger partial charge in [0.1, 0.15) is 6.10 Å². The Morgan fingerprint density at radius 1 is 1.18 bits per heavy atom. The topological polar surface area (TPSA) is 63.6 Å². The minimum atomic E-state index is -0.981. The number of carbonyl (C=O) groups is 2. The minimum Gasteiger partial charge on any atom is -0.478 e. The molecule has 1 aliphatic rings. The molecule has 1 saturated carbocycles. The van der Waals surface area contributed by atoms with Gasteiger partial charge in [-0.25, -0.2) is 9.59 Å². The van der Waals surface area contributed by atoms with Crippen LogP contribution in [0.15, 0.2) is 25.3 Å². The van der Waals surface area contributed by atoms with E-state index in [0.29, 0.717) is 0 Å². The molecule has 0 bridgehead atoms. The van der Waals surface area contributed by atoms with Crippen molar-refractivity contribution in [1.29, 1.82) is 0 Å². The number of rotatable bonds is 3. The summed E-state index contributed by atoms with van der Waals surface area (Å²) in [5.74, 6) is -0.469. The average Bonchev–Trinajstić information content (AvgIpc) is 2.32. The molecule has 17 heavy (non-hydrogen) atoms. The Kier molecular flexibility index (Phi) is 7.76. The van der Waals surface area contributed by atoms with E-state index in [2.05, 4.69) is 20.1 Å². The van der Waals surface area contributed by atoms with Crippen molar-refractivity contribution in [1.82, 2.24) is 0 Å².